The Balaban J connectivity index is 1.59. The zero-order chi connectivity index (χ0) is 26.7. The number of hydrogen-bond donors (Lipinski definition) is 1. The van der Waals surface area contributed by atoms with Crippen molar-refractivity contribution < 1.29 is 14.4 Å². The summed E-state index contributed by atoms with van der Waals surface area (Å²) in [4.78, 5) is 48.0. The van der Waals surface area contributed by atoms with Gasteiger partial charge in [-0.3, -0.25) is 28.9 Å². The number of anilines is 2. The van der Waals surface area contributed by atoms with Crippen LogP contribution in [0.3, 0.4) is 0 Å². The summed E-state index contributed by atoms with van der Waals surface area (Å²) in [5.41, 5.74) is 1.74. The second kappa shape index (κ2) is 11.4. The molecule has 3 amide bonds. The molecule has 1 aliphatic carbocycles. The minimum absolute atomic E-state index is 0.225. The number of rotatable bonds is 9. The number of β-lactam (4-membered cyclic amide) rings is 1. The van der Waals surface area contributed by atoms with Gasteiger partial charge in [0.05, 0.1) is 12.1 Å². The van der Waals surface area contributed by atoms with Crippen molar-refractivity contribution in [2.24, 2.45) is 24.8 Å². The van der Waals surface area contributed by atoms with Crippen LogP contribution in [0.25, 0.3) is 0 Å². The van der Waals surface area contributed by atoms with Crippen molar-refractivity contribution in [1.82, 2.24) is 19.7 Å². The van der Waals surface area contributed by atoms with Crippen molar-refractivity contribution in [2.75, 3.05) is 24.3 Å². The van der Waals surface area contributed by atoms with Crippen molar-refractivity contribution in [2.45, 2.75) is 71.3 Å². The van der Waals surface area contributed by atoms with E-state index >= 15 is 0 Å². The molecule has 0 spiro atoms. The number of hydrogen-bond acceptors (Lipinski definition) is 6. The van der Waals surface area contributed by atoms with Crippen LogP contribution in [-0.2, 0) is 27.9 Å². The molecule has 2 aromatic rings. The lowest BCUT2D eigenvalue weighted by Crippen LogP contribution is -2.69. The van der Waals surface area contributed by atoms with Gasteiger partial charge in [-0.15, -0.1) is 0 Å². The molecule has 9 nitrogen and oxygen atoms in total. The van der Waals surface area contributed by atoms with E-state index in [9.17, 15) is 14.4 Å². The van der Waals surface area contributed by atoms with Crippen LogP contribution in [0.5, 0.6) is 0 Å². The number of imide groups is 1. The lowest BCUT2D eigenvalue weighted by atomic mass is 9.76. The first-order chi connectivity index (χ1) is 17.7. The Labute approximate surface area is 219 Å². The van der Waals surface area contributed by atoms with Crippen LogP contribution in [0.15, 0.2) is 24.4 Å². The molecule has 1 saturated carbocycles. The van der Waals surface area contributed by atoms with Gasteiger partial charge in [-0.25, -0.2) is 4.98 Å². The molecular weight excluding hydrogens is 468 g/mol. The number of aryl methyl sites for hydroxylation is 2. The number of nitrogens with one attached hydrogen (secondary N) is 1. The summed E-state index contributed by atoms with van der Waals surface area (Å²) >= 11 is 0. The molecular formula is C28H40N6O3. The predicted molar refractivity (Wildman–Crippen MR) is 143 cm³/mol. The summed E-state index contributed by atoms with van der Waals surface area (Å²) in [6, 6.07) is 4.74. The van der Waals surface area contributed by atoms with E-state index in [1.807, 2.05) is 19.1 Å². The molecule has 3 atom stereocenters. The Morgan fingerprint density at radius 3 is 2.57 bits per heavy atom. The number of carbonyl (C=O) groups excluding carboxylic acids is 3. The average Bonchev–Trinajstić information content (AvgIpc) is 3.33. The molecule has 0 radical (unpaired) electrons. The molecule has 4 rings (SSSR count). The quantitative estimate of drug-likeness (QED) is 0.518. The molecule has 2 aliphatic rings. The van der Waals surface area contributed by atoms with E-state index in [1.54, 1.807) is 38.1 Å². The lowest BCUT2D eigenvalue weighted by molar-refractivity contribution is -0.171. The predicted octanol–water partition coefficient (Wildman–Crippen LogP) is 3.72. The molecule has 1 saturated heterocycles. The highest BCUT2D eigenvalue weighted by atomic mass is 16.2. The third kappa shape index (κ3) is 5.55. The fourth-order valence-corrected chi connectivity index (χ4v) is 6.13. The summed E-state index contributed by atoms with van der Waals surface area (Å²) < 4.78 is 1.61. The Kier molecular flexibility index (Phi) is 8.29. The van der Waals surface area contributed by atoms with E-state index in [4.69, 9.17) is 0 Å². The third-order valence-electron chi connectivity index (χ3n) is 8.21. The van der Waals surface area contributed by atoms with Gasteiger partial charge in [-0.1, -0.05) is 45.4 Å². The molecule has 0 aromatic carbocycles. The van der Waals surface area contributed by atoms with Crippen LogP contribution in [0.1, 0.15) is 63.1 Å². The standard InChI is InChI=1S/C28H40N6O3/c1-6-20(21-10-8-7-9-11-21)17-25(35)34-26(28(37)32(4)24-12-13-30-33(24)5)22(27(34)36)15-19-14-18(2)31-23(16-19)29-3/h12-14,16,20-22,26H,6-11,15,17H2,1-5H3,(H,29,31)/t20-,22+,26-/m0/s1. The van der Waals surface area contributed by atoms with E-state index in [0.717, 1.165) is 30.5 Å². The molecule has 2 aromatic heterocycles. The van der Waals surface area contributed by atoms with Crippen LogP contribution >= 0.6 is 0 Å². The van der Waals surface area contributed by atoms with Crippen LogP contribution < -0.4 is 10.2 Å². The Morgan fingerprint density at radius 1 is 1.22 bits per heavy atom. The zero-order valence-electron chi connectivity index (χ0n) is 22.7. The summed E-state index contributed by atoms with van der Waals surface area (Å²) in [6.07, 6.45) is 9.17. The van der Waals surface area contributed by atoms with Crippen molar-refractivity contribution in [3.05, 3.63) is 35.7 Å². The highest BCUT2D eigenvalue weighted by Gasteiger charge is 2.55. The topological polar surface area (TPSA) is 100 Å². The largest absolute Gasteiger partial charge is 0.373 e. The van der Waals surface area contributed by atoms with Crippen molar-refractivity contribution in [1.29, 1.82) is 0 Å². The second-order valence-corrected chi connectivity index (χ2v) is 10.6. The highest BCUT2D eigenvalue weighted by molar-refractivity contribution is 6.12. The van der Waals surface area contributed by atoms with Crippen LogP contribution in [0.2, 0.25) is 0 Å². The van der Waals surface area contributed by atoms with Gasteiger partial charge in [-0.2, -0.15) is 5.10 Å². The van der Waals surface area contributed by atoms with Gasteiger partial charge in [0.25, 0.3) is 5.91 Å². The lowest BCUT2D eigenvalue weighted by Gasteiger charge is -2.46. The molecule has 1 N–H and O–H groups in total. The van der Waals surface area contributed by atoms with Crippen molar-refractivity contribution >= 4 is 29.4 Å². The Morgan fingerprint density at radius 2 is 1.95 bits per heavy atom. The first-order valence-electron chi connectivity index (χ1n) is 13.5. The number of likely N-dealkylation sites (N-methyl/N-ethyl adjacent to an activating group) is 1. The first-order valence-corrected chi connectivity index (χ1v) is 13.5. The molecule has 37 heavy (non-hydrogen) atoms. The fraction of sp³-hybridized carbons (Fsp3) is 0.607. The van der Waals surface area contributed by atoms with Crippen molar-refractivity contribution in [3.8, 4) is 0 Å². The summed E-state index contributed by atoms with van der Waals surface area (Å²) in [5, 5.41) is 7.22. The number of carbonyl (C=O) groups is 3. The molecule has 0 unspecified atom stereocenters. The van der Waals surface area contributed by atoms with E-state index in [-0.39, 0.29) is 23.6 Å². The van der Waals surface area contributed by atoms with Gasteiger partial charge in [0.15, 0.2) is 0 Å². The number of amides is 3. The number of likely N-dealkylation sites (tertiary alicyclic amines) is 1. The normalized spacial score (nSPS) is 20.9. The number of nitrogens with zero attached hydrogens (tertiary/aromatic N) is 5. The van der Waals surface area contributed by atoms with Gasteiger partial charge in [0, 0.05) is 39.3 Å². The van der Waals surface area contributed by atoms with E-state index < -0.39 is 12.0 Å². The molecule has 2 fully saturated rings. The van der Waals surface area contributed by atoms with Gasteiger partial charge in [0.2, 0.25) is 11.8 Å². The number of pyridine rings is 1. The van der Waals surface area contributed by atoms with Crippen LogP contribution in [0.4, 0.5) is 11.6 Å². The Bertz CT molecular complexity index is 1140. The maximum absolute atomic E-state index is 13.8. The zero-order valence-corrected chi connectivity index (χ0v) is 22.7. The van der Waals surface area contributed by atoms with Gasteiger partial charge in [0.1, 0.15) is 17.7 Å². The summed E-state index contributed by atoms with van der Waals surface area (Å²) in [5.74, 6) is 0.717. The van der Waals surface area contributed by atoms with Crippen LogP contribution in [0, 0.1) is 24.7 Å². The van der Waals surface area contributed by atoms with Gasteiger partial charge >= 0.3 is 0 Å². The minimum Gasteiger partial charge on any atom is -0.373 e. The monoisotopic (exact) mass is 508 g/mol. The fourth-order valence-electron chi connectivity index (χ4n) is 6.13. The molecule has 0 bridgehead atoms. The smallest absolute Gasteiger partial charge is 0.252 e. The van der Waals surface area contributed by atoms with Crippen molar-refractivity contribution in [3.63, 3.8) is 0 Å². The van der Waals surface area contributed by atoms with Gasteiger partial charge in [-0.05, 0) is 42.9 Å². The Hall–Kier alpha value is -3.23. The van der Waals surface area contributed by atoms with E-state index in [1.165, 1.54) is 29.1 Å². The second-order valence-electron chi connectivity index (χ2n) is 10.6. The minimum atomic E-state index is -0.838. The SMILES string of the molecule is CC[C@@H](CC(=O)N1C(=O)[C@H](Cc2cc(C)nc(NC)c2)[C@H]1C(=O)N(C)c1ccnn1C)C1CCCCC1. The third-order valence-corrected chi connectivity index (χ3v) is 8.21. The number of aromatic nitrogens is 3. The maximum atomic E-state index is 13.8. The average molecular weight is 509 g/mol. The molecule has 9 heteroatoms. The summed E-state index contributed by atoms with van der Waals surface area (Å²) in [7, 11) is 5.24. The van der Waals surface area contributed by atoms with E-state index in [2.05, 4.69) is 22.3 Å². The van der Waals surface area contributed by atoms with Crippen LogP contribution in [-0.4, -0.2) is 57.5 Å². The van der Waals surface area contributed by atoms with E-state index in [0.29, 0.717) is 30.4 Å². The van der Waals surface area contributed by atoms with Gasteiger partial charge < -0.3 is 5.32 Å². The molecule has 1 aliphatic heterocycles. The molecule has 3 heterocycles. The molecule has 200 valence electrons. The summed E-state index contributed by atoms with van der Waals surface area (Å²) in [6.45, 7) is 4.02. The highest BCUT2D eigenvalue weighted by Crippen LogP contribution is 2.37. The first kappa shape index (κ1) is 26.8. The maximum Gasteiger partial charge on any atom is 0.252 e.